The van der Waals surface area contributed by atoms with Crippen molar-refractivity contribution >= 4 is 28.0 Å². The number of carbonyl (C=O) groups excluding carboxylic acids is 1. The summed E-state index contributed by atoms with van der Waals surface area (Å²) in [5.41, 5.74) is 0.983. The number of fused-ring (bicyclic) bond motifs is 3. The second-order valence-electron chi connectivity index (χ2n) is 6.40. The highest BCUT2D eigenvalue weighted by atomic mass is 16.3. The zero-order valence-corrected chi connectivity index (χ0v) is 14.4. The summed E-state index contributed by atoms with van der Waals surface area (Å²) in [6.07, 6.45) is 1.41. The minimum Gasteiger partial charge on any atom is -0.448 e. The Kier molecular flexibility index (Phi) is 4.68. The first-order chi connectivity index (χ1) is 12.7. The van der Waals surface area contributed by atoms with E-state index < -0.39 is 0 Å². The quantitative estimate of drug-likeness (QED) is 0.678. The van der Waals surface area contributed by atoms with Crippen molar-refractivity contribution in [1.82, 2.24) is 25.1 Å². The lowest BCUT2D eigenvalue weighted by molar-refractivity contribution is -0.121. The SMILES string of the molecule is O=C(Cn1cnc2c(oc3ccccc32)c1=O)NCCN1CCNCC1. The number of amides is 1. The highest BCUT2D eigenvalue weighted by Gasteiger charge is 2.15. The van der Waals surface area contributed by atoms with Crippen molar-refractivity contribution in [2.24, 2.45) is 0 Å². The monoisotopic (exact) mass is 355 g/mol. The van der Waals surface area contributed by atoms with Crippen LogP contribution in [0.25, 0.3) is 22.1 Å². The first-order valence-corrected chi connectivity index (χ1v) is 8.79. The summed E-state index contributed by atoms with van der Waals surface area (Å²) < 4.78 is 6.91. The summed E-state index contributed by atoms with van der Waals surface area (Å²) in [6, 6.07) is 7.37. The average Bonchev–Trinajstić information content (AvgIpc) is 3.04. The normalized spacial score (nSPS) is 15.5. The van der Waals surface area contributed by atoms with E-state index in [-0.39, 0.29) is 23.6 Å². The number of nitrogens with zero attached hydrogens (tertiary/aromatic N) is 3. The van der Waals surface area contributed by atoms with Gasteiger partial charge in [0.05, 0.1) is 6.33 Å². The van der Waals surface area contributed by atoms with Gasteiger partial charge in [-0.25, -0.2) is 4.98 Å². The van der Waals surface area contributed by atoms with Gasteiger partial charge in [-0.05, 0) is 12.1 Å². The number of aromatic nitrogens is 2. The molecule has 1 saturated heterocycles. The van der Waals surface area contributed by atoms with Crippen LogP contribution in [-0.2, 0) is 11.3 Å². The van der Waals surface area contributed by atoms with Gasteiger partial charge in [0.15, 0.2) is 0 Å². The topological polar surface area (TPSA) is 92.4 Å². The van der Waals surface area contributed by atoms with E-state index in [1.54, 1.807) is 6.07 Å². The molecule has 3 heterocycles. The Hall–Kier alpha value is -2.71. The summed E-state index contributed by atoms with van der Waals surface area (Å²) in [6.45, 7) is 5.24. The number of rotatable bonds is 5. The third-order valence-electron chi connectivity index (χ3n) is 4.62. The molecule has 0 atom stereocenters. The van der Waals surface area contributed by atoms with E-state index in [0.29, 0.717) is 17.6 Å². The molecule has 0 radical (unpaired) electrons. The first-order valence-electron chi connectivity index (χ1n) is 8.79. The molecule has 4 rings (SSSR count). The van der Waals surface area contributed by atoms with Crippen molar-refractivity contribution in [1.29, 1.82) is 0 Å². The molecule has 0 bridgehead atoms. The van der Waals surface area contributed by atoms with Gasteiger partial charge < -0.3 is 15.1 Å². The maximum atomic E-state index is 12.6. The number of nitrogens with one attached hydrogen (secondary N) is 2. The lowest BCUT2D eigenvalue weighted by atomic mass is 10.2. The second kappa shape index (κ2) is 7.27. The third-order valence-corrected chi connectivity index (χ3v) is 4.62. The van der Waals surface area contributed by atoms with Gasteiger partial charge in [-0.3, -0.25) is 19.1 Å². The van der Waals surface area contributed by atoms with Crippen LogP contribution in [0.4, 0.5) is 0 Å². The van der Waals surface area contributed by atoms with Gasteiger partial charge in [0.1, 0.15) is 17.6 Å². The number of hydrogen-bond donors (Lipinski definition) is 2. The smallest absolute Gasteiger partial charge is 0.297 e. The van der Waals surface area contributed by atoms with Crippen LogP contribution in [0.1, 0.15) is 0 Å². The van der Waals surface area contributed by atoms with Gasteiger partial charge in [-0.15, -0.1) is 0 Å². The van der Waals surface area contributed by atoms with Crippen LogP contribution in [0.3, 0.4) is 0 Å². The predicted molar refractivity (Wildman–Crippen MR) is 98.1 cm³/mol. The van der Waals surface area contributed by atoms with E-state index in [0.717, 1.165) is 38.1 Å². The van der Waals surface area contributed by atoms with Crippen molar-refractivity contribution in [3.8, 4) is 0 Å². The minimum absolute atomic E-state index is 0.0691. The molecule has 3 aromatic rings. The van der Waals surface area contributed by atoms with Crippen LogP contribution >= 0.6 is 0 Å². The van der Waals surface area contributed by atoms with Crippen LogP contribution in [0.2, 0.25) is 0 Å². The third kappa shape index (κ3) is 3.33. The van der Waals surface area contributed by atoms with E-state index in [1.807, 2.05) is 18.2 Å². The number of carbonyl (C=O) groups is 1. The van der Waals surface area contributed by atoms with Gasteiger partial charge >= 0.3 is 0 Å². The van der Waals surface area contributed by atoms with E-state index >= 15 is 0 Å². The largest absolute Gasteiger partial charge is 0.448 e. The van der Waals surface area contributed by atoms with Gasteiger partial charge in [0.25, 0.3) is 5.56 Å². The zero-order valence-electron chi connectivity index (χ0n) is 14.4. The summed E-state index contributed by atoms with van der Waals surface area (Å²) in [5.74, 6) is -0.209. The molecule has 1 amide bonds. The van der Waals surface area contributed by atoms with Gasteiger partial charge in [0.2, 0.25) is 11.5 Å². The van der Waals surface area contributed by atoms with Crippen LogP contribution in [-0.4, -0.2) is 59.6 Å². The highest BCUT2D eigenvalue weighted by Crippen LogP contribution is 2.23. The Morgan fingerprint density at radius 2 is 2.08 bits per heavy atom. The highest BCUT2D eigenvalue weighted by molar-refractivity contribution is 6.01. The molecule has 1 fully saturated rings. The lowest BCUT2D eigenvalue weighted by Crippen LogP contribution is -2.46. The molecule has 2 N–H and O–H groups in total. The van der Waals surface area contributed by atoms with E-state index in [1.165, 1.54) is 10.9 Å². The molecule has 1 aliphatic rings. The number of para-hydroxylation sites is 1. The molecule has 26 heavy (non-hydrogen) atoms. The molecule has 1 aromatic carbocycles. The molecule has 0 spiro atoms. The number of furan rings is 1. The molecule has 0 aliphatic carbocycles. The van der Waals surface area contributed by atoms with E-state index in [2.05, 4.69) is 20.5 Å². The maximum absolute atomic E-state index is 12.6. The fourth-order valence-corrected chi connectivity index (χ4v) is 3.23. The number of hydrogen-bond acceptors (Lipinski definition) is 6. The first kappa shape index (κ1) is 16.7. The Balaban J connectivity index is 1.43. The van der Waals surface area contributed by atoms with Crippen LogP contribution in [0.5, 0.6) is 0 Å². The Labute approximate surface area is 149 Å². The van der Waals surface area contributed by atoms with E-state index in [4.69, 9.17) is 4.42 Å². The van der Waals surface area contributed by atoms with Crippen LogP contribution in [0.15, 0.2) is 39.8 Å². The fraction of sp³-hybridized carbons (Fsp3) is 0.389. The van der Waals surface area contributed by atoms with Crippen molar-refractivity contribution in [3.05, 3.63) is 40.9 Å². The predicted octanol–water partition coefficient (Wildman–Crippen LogP) is 0.164. The van der Waals surface area contributed by atoms with Crippen molar-refractivity contribution < 1.29 is 9.21 Å². The van der Waals surface area contributed by atoms with Crippen molar-refractivity contribution in [2.45, 2.75) is 6.54 Å². The number of benzene rings is 1. The fourth-order valence-electron chi connectivity index (χ4n) is 3.23. The average molecular weight is 355 g/mol. The number of piperazine rings is 1. The van der Waals surface area contributed by atoms with Gasteiger partial charge in [0, 0.05) is 44.7 Å². The molecule has 1 aliphatic heterocycles. The summed E-state index contributed by atoms with van der Waals surface area (Å²) in [5, 5.41) is 6.95. The van der Waals surface area contributed by atoms with Crippen molar-refractivity contribution in [3.63, 3.8) is 0 Å². The molecular formula is C18H21N5O3. The Morgan fingerprint density at radius 3 is 2.92 bits per heavy atom. The summed E-state index contributed by atoms with van der Waals surface area (Å²) in [4.78, 5) is 31.4. The Bertz CT molecular complexity index is 987. The molecular weight excluding hydrogens is 334 g/mol. The Morgan fingerprint density at radius 1 is 1.27 bits per heavy atom. The van der Waals surface area contributed by atoms with Crippen LogP contribution < -0.4 is 16.2 Å². The maximum Gasteiger partial charge on any atom is 0.297 e. The standard InChI is InChI=1S/C18H21N5O3/c24-15(20-7-10-22-8-5-19-6-9-22)11-23-12-21-16-13-3-1-2-4-14(13)26-17(16)18(23)25/h1-4,12,19H,5-11H2,(H,20,24). The van der Waals surface area contributed by atoms with E-state index in [9.17, 15) is 9.59 Å². The molecule has 0 saturated carbocycles. The molecule has 8 nitrogen and oxygen atoms in total. The summed E-state index contributed by atoms with van der Waals surface area (Å²) >= 11 is 0. The van der Waals surface area contributed by atoms with Crippen molar-refractivity contribution in [2.75, 3.05) is 39.3 Å². The van der Waals surface area contributed by atoms with Crippen LogP contribution in [0, 0.1) is 0 Å². The zero-order chi connectivity index (χ0) is 17.9. The van der Waals surface area contributed by atoms with Gasteiger partial charge in [-0.2, -0.15) is 0 Å². The minimum atomic E-state index is -0.344. The molecule has 136 valence electrons. The lowest BCUT2D eigenvalue weighted by Gasteiger charge is -2.27. The summed E-state index contributed by atoms with van der Waals surface area (Å²) in [7, 11) is 0. The van der Waals surface area contributed by atoms with Gasteiger partial charge in [-0.1, -0.05) is 12.1 Å². The molecule has 8 heteroatoms. The molecule has 0 unspecified atom stereocenters. The second-order valence-corrected chi connectivity index (χ2v) is 6.40. The molecule has 2 aromatic heterocycles.